The van der Waals surface area contributed by atoms with Crippen LogP contribution < -0.4 is 4.74 Å². The van der Waals surface area contributed by atoms with E-state index >= 15 is 0 Å². The second-order valence-corrected chi connectivity index (χ2v) is 6.54. The van der Waals surface area contributed by atoms with Gasteiger partial charge >= 0.3 is 0 Å². The van der Waals surface area contributed by atoms with Crippen LogP contribution in [0.5, 0.6) is 5.75 Å². The van der Waals surface area contributed by atoms with E-state index < -0.39 is 0 Å². The molecule has 1 heterocycles. The first-order valence-electron chi connectivity index (χ1n) is 8.60. The van der Waals surface area contributed by atoms with Crippen molar-refractivity contribution in [1.82, 2.24) is 14.8 Å². The highest BCUT2D eigenvalue weighted by Gasteiger charge is 2.30. The van der Waals surface area contributed by atoms with Crippen molar-refractivity contribution in [2.75, 3.05) is 6.61 Å². The normalized spacial score (nSPS) is 14.5. The van der Waals surface area contributed by atoms with Gasteiger partial charge in [-0.25, -0.2) is 14.1 Å². The Morgan fingerprint density at radius 1 is 1.32 bits per heavy atom. The molecule has 4 nitrogen and oxygen atoms in total. The molecule has 1 aromatic carbocycles. The van der Waals surface area contributed by atoms with Crippen molar-refractivity contribution in [3.8, 4) is 17.1 Å². The summed E-state index contributed by atoms with van der Waals surface area (Å²) < 4.78 is 20.2. The predicted octanol–water partition coefficient (Wildman–Crippen LogP) is 5.68. The molecule has 1 aromatic heterocycles. The minimum absolute atomic E-state index is 0. The number of ether oxygens (including phenoxy) is 1. The van der Waals surface area contributed by atoms with E-state index in [0.29, 0.717) is 30.3 Å². The largest absolute Gasteiger partial charge is 0.489 e. The first kappa shape index (κ1) is 19.2. The summed E-state index contributed by atoms with van der Waals surface area (Å²) in [7, 11) is 0. The molecule has 0 radical (unpaired) electrons. The average molecular weight is 345 g/mol. The molecule has 25 heavy (non-hydrogen) atoms. The van der Waals surface area contributed by atoms with E-state index in [0.717, 1.165) is 23.0 Å². The third-order valence-electron chi connectivity index (χ3n) is 4.23. The van der Waals surface area contributed by atoms with Crippen LogP contribution in [0.25, 0.3) is 11.4 Å². The Labute approximate surface area is 149 Å². The van der Waals surface area contributed by atoms with Crippen molar-refractivity contribution in [2.24, 2.45) is 0 Å². The smallest absolute Gasteiger partial charge is 0.181 e. The lowest BCUT2D eigenvalue weighted by Gasteiger charge is -2.08. The van der Waals surface area contributed by atoms with E-state index in [1.165, 1.54) is 12.8 Å². The molecule has 1 saturated carbocycles. The lowest BCUT2D eigenvalue weighted by atomic mass is 10.2. The zero-order valence-corrected chi connectivity index (χ0v) is 14.5. The number of hydrogen-bond acceptors (Lipinski definition) is 3. The highest BCUT2D eigenvalue weighted by molar-refractivity contribution is 5.56. The summed E-state index contributed by atoms with van der Waals surface area (Å²) in [6.07, 6.45) is 3.68. The number of rotatable bonds is 7. The van der Waals surface area contributed by atoms with Gasteiger partial charge in [0.15, 0.2) is 5.82 Å². The maximum Gasteiger partial charge on any atom is 0.181 e. The lowest BCUT2D eigenvalue weighted by molar-refractivity contribution is 0.345. The maximum absolute atomic E-state index is 12.6. The van der Waals surface area contributed by atoms with Gasteiger partial charge in [0.05, 0.1) is 6.33 Å². The SMILES string of the molecule is C.CC/C(=C\F)COc1ccc(-c2nc(C3CC3)n(C(C)C)n2)cc1. The standard InChI is InChI=1S/C19H24FN3O.CH4/c1-4-14(11-20)12-24-17-9-7-15(8-10-17)18-21-19(16-5-6-16)23(22-18)13(2)3;/h7-11,13,16H,4-6,12H2,1-3H3;1H4/b14-11+;. The van der Waals surface area contributed by atoms with Crippen molar-refractivity contribution in [2.45, 2.75) is 59.4 Å². The molecule has 0 N–H and O–H groups in total. The molecule has 0 aliphatic heterocycles. The Morgan fingerprint density at radius 3 is 2.52 bits per heavy atom. The van der Waals surface area contributed by atoms with Crippen LogP contribution in [0, 0.1) is 0 Å². The van der Waals surface area contributed by atoms with Crippen molar-refractivity contribution in [1.29, 1.82) is 0 Å². The van der Waals surface area contributed by atoms with E-state index in [-0.39, 0.29) is 14.0 Å². The molecule has 0 bridgehead atoms. The Hall–Kier alpha value is -2.17. The van der Waals surface area contributed by atoms with Crippen molar-refractivity contribution in [3.63, 3.8) is 0 Å². The molecule has 1 aliphatic rings. The molecule has 0 saturated heterocycles. The molecule has 5 heteroatoms. The molecular formula is C20H28FN3O. The molecule has 3 rings (SSSR count). The highest BCUT2D eigenvalue weighted by atomic mass is 19.1. The predicted molar refractivity (Wildman–Crippen MR) is 99.5 cm³/mol. The van der Waals surface area contributed by atoms with Crippen LogP contribution in [-0.2, 0) is 0 Å². The van der Waals surface area contributed by atoms with Crippen LogP contribution in [0.4, 0.5) is 4.39 Å². The summed E-state index contributed by atoms with van der Waals surface area (Å²) in [6, 6.07) is 7.99. The molecule has 2 aromatic rings. The monoisotopic (exact) mass is 345 g/mol. The molecular weight excluding hydrogens is 317 g/mol. The molecule has 0 unspecified atom stereocenters. The Kier molecular flexibility index (Phi) is 6.34. The lowest BCUT2D eigenvalue weighted by Crippen LogP contribution is -2.07. The molecule has 0 atom stereocenters. The maximum atomic E-state index is 12.6. The molecule has 0 amide bonds. The topological polar surface area (TPSA) is 39.9 Å². The fraction of sp³-hybridized carbons (Fsp3) is 0.500. The fourth-order valence-electron chi connectivity index (χ4n) is 2.54. The van der Waals surface area contributed by atoms with Crippen LogP contribution >= 0.6 is 0 Å². The van der Waals surface area contributed by atoms with E-state index in [9.17, 15) is 4.39 Å². The van der Waals surface area contributed by atoms with Gasteiger partial charge in [-0.05, 0) is 62.9 Å². The average Bonchev–Trinajstić information content (AvgIpc) is 3.34. The van der Waals surface area contributed by atoms with E-state index in [1.54, 1.807) is 0 Å². The van der Waals surface area contributed by atoms with Gasteiger partial charge in [0.2, 0.25) is 0 Å². The van der Waals surface area contributed by atoms with Gasteiger partial charge in [-0.15, -0.1) is 0 Å². The van der Waals surface area contributed by atoms with Crippen LogP contribution in [0.1, 0.15) is 65.2 Å². The third-order valence-corrected chi connectivity index (χ3v) is 4.23. The van der Waals surface area contributed by atoms with E-state index in [1.807, 2.05) is 35.9 Å². The number of benzene rings is 1. The van der Waals surface area contributed by atoms with Gasteiger partial charge in [0.25, 0.3) is 0 Å². The number of hydrogen-bond donors (Lipinski definition) is 0. The van der Waals surface area contributed by atoms with Gasteiger partial charge in [-0.2, -0.15) is 5.10 Å². The van der Waals surface area contributed by atoms with Crippen LogP contribution in [0.3, 0.4) is 0 Å². The quantitative estimate of drug-likeness (QED) is 0.648. The highest BCUT2D eigenvalue weighted by Crippen LogP contribution is 2.40. The summed E-state index contributed by atoms with van der Waals surface area (Å²) >= 11 is 0. The molecule has 1 aliphatic carbocycles. The van der Waals surface area contributed by atoms with Crippen LogP contribution in [0.2, 0.25) is 0 Å². The third kappa shape index (κ3) is 4.47. The van der Waals surface area contributed by atoms with Gasteiger partial charge in [-0.3, -0.25) is 0 Å². The molecule has 136 valence electrons. The van der Waals surface area contributed by atoms with Gasteiger partial charge in [-0.1, -0.05) is 14.4 Å². The molecule has 1 fully saturated rings. The summed E-state index contributed by atoms with van der Waals surface area (Å²) in [5.41, 5.74) is 1.62. The van der Waals surface area contributed by atoms with E-state index in [2.05, 4.69) is 18.9 Å². The molecule has 0 spiro atoms. The Morgan fingerprint density at radius 2 is 2.00 bits per heavy atom. The zero-order valence-electron chi connectivity index (χ0n) is 14.5. The minimum atomic E-state index is 0. The Bertz CT molecular complexity index is 696. The van der Waals surface area contributed by atoms with Gasteiger partial charge < -0.3 is 4.74 Å². The Balaban J connectivity index is 0.00000225. The van der Waals surface area contributed by atoms with Crippen LogP contribution in [0.15, 0.2) is 36.2 Å². The van der Waals surface area contributed by atoms with Crippen molar-refractivity contribution < 1.29 is 9.13 Å². The fourth-order valence-corrected chi connectivity index (χ4v) is 2.54. The number of halogens is 1. The van der Waals surface area contributed by atoms with Crippen LogP contribution in [-0.4, -0.2) is 21.4 Å². The summed E-state index contributed by atoms with van der Waals surface area (Å²) in [5.74, 6) is 3.14. The summed E-state index contributed by atoms with van der Waals surface area (Å²) in [4.78, 5) is 4.75. The van der Waals surface area contributed by atoms with Gasteiger partial charge in [0.1, 0.15) is 18.2 Å². The van der Waals surface area contributed by atoms with Crippen molar-refractivity contribution in [3.05, 3.63) is 42.0 Å². The first-order chi connectivity index (χ1) is 11.6. The second-order valence-electron chi connectivity index (χ2n) is 6.54. The van der Waals surface area contributed by atoms with E-state index in [4.69, 9.17) is 9.72 Å². The summed E-state index contributed by atoms with van der Waals surface area (Å²) in [5, 5.41) is 4.68. The zero-order chi connectivity index (χ0) is 17.1. The second kappa shape index (κ2) is 8.28. The summed E-state index contributed by atoms with van der Waals surface area (Å²) in [6.45, 7) is 6.44. The number of nitrogens with zero attached hydrogens (tertiary/aromatic N) is 3. The first-order valence-corrected chi connectivity index (χ1v) is 8.60. The van der Waals surface area contributed by atoms with Crippen molar-refractivity contribution >= 4 is 0 Å². The minimum Gasteiger partial charge on any atom is -0.489 e. The number of aromatic nitrogens is 3. The van der Waals surface area contributed by atoms with Gasteiger partial charge in [0, 0.05) is 17.5 Å².